The highest BCUT2D eigenvalue weighted by Gasteiger charge is 2.10. The van der Waals surface area contributed by atoms with Gasteiger partial charge >= 0.3 is 0 Å². The highest BCUT2D eigenvalue weighted by atomic mass is 35.5. The van der Waals surface area contributed by atoms with E-state index in [0.29, 0.717) is 5.02 Å². The minimum absolute atomic E-state index is 0. The Bertz CT molecular complexity index is 281. The third-order valence-electron chi connectivity index (χ3n) is 1.52. The first-order chi connectivity index (χ1) is 5.65. The van der Waals surface area contributed by atoms with E-state index in [4.69, 9.17) is 17.3 Å². The van der Waals surface area contributed by atoms with Gasteiger partial charge in [-0.1, -0.05) is 11.6 Å². The second kappa shape index (κ2) is 5.37. The van der Waals surface area contributed by atoms with E-state index in [-0.39, 0.29) is 18.0 Å². The summed E-state index contributed by atoms with van der Waals surface area (Å²) in [6, 6.07) is 2.98. The molecule has 5 heteroatoms. The molecule has 0 unspecified atom stereocenters. The first-order valence-corrected chi connectivity index (χ1v) is 3.79. The van der Waals surface area contributed by atoms with Crippen molar-refractivity contribution in [3.63, 3.8) is 0 Å². The Kier molecular flexibility index (Phi) is 5.21. The van der Waals surface area contributed by atoms with Gasteiger partial charge in [-0.15, -0.1) is 12.4 Å². The van der Waals surface area contributed by atoms with Crippen LogP contribution in [-0.2, 0) is 0 Å². The van der Waals surface area contributed by atoms with Crippen molar-refractivity contribution in [2.45, 2.75) is 6.04 Å². The number of alkyl halides is 1. The van der Waals surface area contributed by atoms with Crippen LogP contribution in [0.25, 0.3) is 0 Å². The molecular weight excluding hydrogens is 219 g/mol. The Labute approximate surface area is 86.3 Å². The summed E-state index contributed by atoms with van der Waals surface area (Å²) >= 11 is 5.57. The van der Waals surface area contributed by atoms with Crippen molar-refractivity contribution in [2.75, 3.05) is 6.67 Å². The van der Waals surface area contributed by atoms with Crippen molar-refractivity contribution < 1.29 is 8.78 Å². The number of hydrogen-bond donors (Lipinski definition) is 1. The molecule has 0 aliphatic rings. The third kappa shape index (κ3) is 3.10. The van der Waals surface area contributed by atoms with Gasteiger partial charge in [-0.2, -0.15) is 0 Å². The van der Waals surface area contributed by atoms with Crippen LogP contribution in [0.3, 0.4) is 0 Å². The number of halogens is 4. The van der Waals surface area contributed by atoms with Gasteiger partial charge in [0.2, 0.25) is 0 Å². The van der Waals surface area contributed by atoms with E-state index in [2.05, 4.69) is 0 Å². The molecule has 0 amide bonds. The van der Waals surface area contributed by atoms with Gasteiger partial charge in [-0.25, -0.2) is 8.78 Å². The quantitative estimate of drug-likeness (QED) is 0.827. The lowest BCUT2D eigenvalue weighted by atomic mass is 10.1. The van der Waals surface area contributed by atoms with E-state index in [1.165, 1.54) is 18.2 Å². The van der Waals surface area contributed by atoms with Crippen molar-refractivity contribution in [2.24, 2.45) is 5.73 Å². The van der Waals surface area contributed by atoms with Crippen molar-refractivity contribution in [3.8, 4) is 0 Å². The number of hydrogen-bond acceptors (Lipinski definition) is 1. The summed E-state index contributed by atoms with van der Waals surface area (Å²) in [7, 11) is 0. The van der Waals surface area contributed by atoms with E-state index in [1.807, 2.05) is 0 Å². The SMILES string of the molecule is Cl.N[C@H](CF)c1cc(Cl)ccc1F. The minimum atomic E-state index is -0.927. The van der Waals surface area contributed by atoms with Gasteiger partial charge in [0.1, 0.15) is 12.5 Å². The van der Waals surface area contributed by atoms with Crippen LogP contribution in [0.5, 0.6) is 0 Å². The maximum absolute atomic E-state index is 12.9. The third-order valence-corrected chi connectivity index (χ3v) is 1.76. The maximum atomic E-state index is 12.9. The van der Waals surface area contributed by atoms with Crippen LogP contribution >= 0.6 is 24.0 Å². The van der Waals surface area contributed by atoms with Gasteiger partial charge in [0.05, 0.1) is 6.04 Å². The van der Waals surface area contributed by atoms with E-state index >= 15 is 0 Å². The van der Waals surface area contributed by atoms with Crippen LogP contribution in [0.4, 0.5) is 8.78 Å². The van der Waals surface area contributed by atoms with E-state index in [9.17, 15) is 8.78 Å². The fraction of sp³-hybridized carbons (Fsp3) is 0.250. The van der Waals surface area contributed by atoms with Gasteiger partial charge in [-0.05, 0) is 18.2 Å². The zero-order valence-corrected chi connectivity index (χ0v) is 8.21. The molecule has 0 aliphatic heterocycles. The Morgan fingerprint density at radius 2 is 2.08 bits per heavy atom. The van der Waals surface area contributed by atoms with E-state index in [0.717, 1.165) is 0 Å². The molecular formula is C8H9Cl2F2N. The maximum Gasteiger partial charge on any atom is 0.128 e. The molecule has 0 spiro atoms. The summed E-state index contributed by atoms with van der Waals surface area (Å²) in [5.41, 5.74) is 5.41. The van der Waals surface area contributed by atoms with Crippen LogP contribution in [0.1, 0.15) is 11.6 Å². The molecule has 0 radical (unpaired) electrons. The number of rotatable bonds is 2. The molecule has 74 valence electrons. The molecule has 1 atom stereocenters. The van der Waals surface area contributed by atoms with Gasteiger partial charge in [0.15, 0.2) is 0 Å². The van der Waals surface area contributed by atoms with E-state index in [1.54, 1.807) is 0 Å². The van der Waals surface area contributed by atoms with Crippen LogP contribution in [0.2, 0.25) is 5.02 Å². The molecule has 1 rings (SSSR count). The molecule has 1 aromatic rings. The van der Waals surface area contributed by atoms with Crippen LogP contribution < -0.4 is 5.73 Å². The number of benzene rings is 1. The molecule has 0 saturated carbocycles. The fourth-order valence-electron chi connectivity index (χ4n) is 0.882. The highest BCUT2D eigenvalue weighted by molar-refractivity contribution is 6.30. The van der Waals surface area contributed by atoms with E-state index < -0.39 is 18.5 Å². The lowest BCUT2D eigenvalue weighted by molar-refractivity contribution is 0.427. The van der Waals surface area contributed by atoms with Crippen molar-refractivity contribution in [1.29, 1.82) is 0 Å². The molecule has 1 aromatic carbocycles. The first-order valence-electron chi connectivity index (χ1n) is 3.41. The normalized spacial score (nSPS) is 12.0. The highest BCUT2D eigenvalue weighted by Crippen LogP contribution is 2.19. The largest absolute Gasteiger partial charge is 0.322 e. The average molecular weight is 228 g/mol. The van der Waals surface area contributed by atoms with Gasteiger partial charge in [-0.3, -0.25) is 0 Å². The zero-order chi connectivity index (χ0) is 9.14. The Balaban J connectivity index is 0.00000144. The second-order valence-electron chi connectivity index (χ2n) is 2.43. The van der Waals surface area contributed by atoms with Gasteiger partial charge < -0.3 is 5.73 Å². The molecule has 0 fully saturated rings. The molecule has 0 aromatic heterocycles. The summed E-state index contributed by atoms with van der Waals surface area (Å²) in [6.07, 6.45) is 0. The summed E-state index contributed by atoms with van der Waals surface area (Å²) < 4.78 is 25.0. The average Bonchev–Trinajstić information content (AvgIpc) is 2.08. The monoisotopic (exact) mass is 227 g/mol. The van der Waals surface area contributed by atoms with Crippen molar-refractivity contribution >= 4 is 24.0 Å². The molecule has 0 saturated heterocycles. The summed E-state index contributed by atoms with van der Waals surface area (Å²) in [4.78, 5) is 0. The second-order valence-corrected chi connectivity index (χ2v) is 2.86. The molecule has 2 N–H and O–H groups in total. The first kappa shape index (κ1) is 12.6. The van der Waals surface area contributed by atoms with Crippen molar-refractivity contribution in [3.05, 3.63) is 34.6 Å². The predicted molar refractivity (Wildman–Crippen MR) is 51.6 cm³/mol. The molecule has 13 heavy (non-hydrogen) atoms. The Morgan fingerprint density at radius 1 is 1.46 bits per heavy atom. The summed E-state index contributed by atoms with van der Waals surface area (Å²) in [5.74, 6) is -0.524. The Hall–Kier alpha value is -0.380. The lowest BCUT2D eigenvalue weighted by Gasteiger charge is -2.08. The van der Waals surface area contributed by atoms with Crippen LogP contribution in [0.15, 0.2) is 18.2 Å². The van der Waals surface area contributed by atoms with Gasteiger partial charge in [0, 0.05) is 10.6 Å². The Morgan fingerprint density at radius 3 is 2.62 bits per heavy atom. The zero-order valence-electron chi connectivity index (χ0n) is 6.64. The smallest absolute Gasteiger partial charge is 0.128 e. The predicted octanol–water partition coefficient (Wildman–Crippen LogP) is 2.87. The molecule has 0 aliphatic carbocycles. The van der Waals surface area contributed by atoms with Gasteiger partial charge in [0.25, 0.3) is 0 Å². The molecule has 1 nitrogen and oxygen atoms in total. The lowest BCUT2D eigenvalue weighted by Crippen LogP contribution is -2.13. The molecule has 0 bridgehead atoms. The van der Waals surface area contributed by atoms with Crippen LogP contribution in [-0.4, -0.2) is 6.67 Å². The minimum Gasteiger partial charge on any atom is -0.322 e. The van der Waals surface area contributed by atoms with Crippen molar-refractivity contribution in [1.82, 2.24) is 0 Å². The van der Waals surface area contributed by atoms with Crippen LogP contribution in [0, 0.1) is 5.82 Å². The fourth-order valence-corrected chi connectivity index (χ4v) is 1.06. The standard InChI is InChI=1S/C8H8ClF2N.ClH/c9-5-1-2-7(11)6(3-5)8(12)4-10;/h1-3,8H,4,12H2;1H/t8-;/m1./s1. The summed E-state index contributed by atoms with van der Waals surface area (Å²) in [5, 5.41) is 0.357. The number of nitrogens with two attached hydrogens (primary N) is 1. The summed E-state index contributed by atoms with van der Waals surface area (Å²) in [6.45, 7) is -0.794. The molecule has 0 heterocycles. The topological polar surface area (TPSA) is 26.0 Å².